The molecular weight excluding hydrogens is 330 g/mol. The summed E-state index contributed by atoms with van der Waals surface area (Å²) in [5.41, 5.74) is 2.82. The Hall–Kier alpha value is -3.41. The van der Waals surface area contributed by atoms with Gasteiger partial charge in [0.05, 0.1) is 13.7 Å². The lowest BCUT2D eigenvalue weighted by Crippen LogP contribution is -2.20. The van der Waals surface area contributed by atoms with Gasteiger partial charge in [-0.05, 0) is 25.1 Å². The molecule has 2 aromatic carbocycles. The summed E-state index contributed by atoms with van der Waals surface area (Å²) < 4.78 is 10.4. The van der Waals surface area contributed by atoms with E-state index in [4.69, 9.17) is 9.26 Å². The molecule has 1 amide bonds. The van der Waals surface area contributed by atoms with Gasteiger partial charge in [0.25, 0.3) is 0 Å². The number of hydrogen-bond donors (Lipinski definition) is 1. The van der Waals surface area contributed by atoms with Gasteiger partial charge in [-0.25, -0.2) is 0 Å². The molecular formula is C20H19N3O3. The predicted molar refractivity (Wildman–Crippen MR) is 98.3 cm³/mol. The van der Waals surface area contributed by atoms with Crippen LogP contribution in [0.4, 0.5) is 0 Å². The number of amides is 1. The van der Waals surface area contributed by atoms with Gasteiger partial charge in [-0.3, -0.25) is 4.79 Å². The van der Waals surface area contributed by atoms with Gasteiger partial charge in [-0.1, -0.05) is 47.1 Å². The predicted octanol–water partition coefficient (Wildman–Crippen LogP) is 3.38. The first-order valence-electron chi connectivity index (χ1n) is 8.14. The molecule has 26 heavy (non-hydrogen) atoms. The third-order valence-corrected chi connectivity index (χ3v) is 3.71. The molecule has 0 radical (unpaired) electrons. The van der Waals surface area contributed by atoms with Crippen LogP contribution in [-0.4, -0.2) is 23.2 Å². The number of rotatable bonds is 6. The van der Waals surface area contributed by atoms with Crippen LogP contribution in [-0.2, 0) is 11.3 Å². The van der Waals surface area contributed by atoms with Crippen molar-refractivity contribution in [3.63, 3.8) is 0 Å². The number of nitrogens with one attached hydrogen (secondary N) is 1. The van der Waals surface area contributed by atoms with E-state index < -0.39 is 0 Å². The average molecular weight is 349 g/mol. The molecule has 0 spiro atoms. The van der Waals surface area contributed by atoms with Crippen LogP contribution < -0.4 is 10.1 Å². The molecule has 0 unspecified atom stereocenters. The van der Waals surface area contributed by atoms with Crippen LogP contribution in [0.15, 0.2) is 59.1 Å². The highest BCUT2D eigenvalue weighted by Gasteiger charge is 2.09. The smallest absolute Gasteiger partial charge is 0.246 e. The Labute approximate surface area is 151 Å². The quantitative estimate of drug-likeness (QED) is 0.690. The van der Waals surface area contributed by atoms with E-state index in [9.17, 15) is 4.79 Å². The number of aromatic nitrogens is 2. The molecule has 6 heteroatoms. The maximum atomic E-state index is 12.0. The van der Waals surface area contributed by atoms with Crippen LogP contribution in [0.5, 0.6) is 5.75 Å². The van der Waals surface area contributed by atoms with E-state index in [1.165, 1.54) is 6.08 Å². The van der Waals surface area contributed by atoms with Crippen LogP contribution >= 0.6 is 0 Å². The molecule has 0 bridgehead atoms. The molecule has 1 aromatic heterocycles. The Morgan fingerprint density at radius 1 is 1.23 bits per heavy atom. The van der Waals surface area contributed by atoms with Crippen molar-refractivity contribution >= 4 is 12.0 Å². The minimum Gasteiger partial charge on any atom is -0.496 e. The number of nitrogens with zero attached hydrogens (tertiary/aromatic N) is 2. The van der Waals surface area contributed by atoms with E-state index in [1.807, 2.05) is 55.5 Å². The first kappa shape index (κ1) is 17.4. The third-order valence-electron chi connectivity index (χ3n) is 3.71. The van der Waals surface area contributed by atoms with Gasteiger partial charge in [-0.15, -0.1) is 0 Å². The van der Waals surface area contributed by atoms with Crippen molar-refractivity contribution in [2.75, 3.05) is 7.11 Å². The maximum Gasteiger partial charge on any atom is 0.246 e. The minimum absolute atomic E-state index is 0.161. The second-order valence-corrected chi connectivity index (χ2v) is 5.67. The molecule has 1 heterocycles. The number of para-hydroxylation sites is 1. The van der Waals surface area contributed by atoms with Crippen molar-refractivity contribution in [3.05, 3.63) is 71.6 Å². The second-order valence-electron chi connectivity index (χ2n) is 5.67. The van der Waals surface area contributed by atoms with E-state index in [0.29, 0.717) is 17.5 Å². The van der Waals surface area contributed by atoms with Gasteiger partial charge in [0.1, 0.15) is 5.75 Å². The summed E-state index contributed by atoms with van der Waals surface area (Å²) >= 11 is 0. The number of ether oxygens (including phenoxy) is 1. The lowest BCUT2D eigenvalue weighted by molar-refractivity contribution is -0.116. The van der Waals surface area contributed by atoms with Crippen molar-refractivity contribution in [2.24, 2.45) is 0 Å². The minimum atomic E-state index is -0.258. The first-order valence-corrected chi connectivity index (χ1v) is 8.14. The summed E-state index contributed by atoms with van der Waals surface area (Å²) in [6, 6.07) is 15.3. The molecule has 6 nitrogen and oxygen atoms in total. The van der Waals surface area contributed by atoms with Gasteiger partial charge in [0.2, 0.25) is 17.6 Å². The van der Waals surface area contributed by atoms with Gasteiger partial charge in [0, 0.05) is 17.2 Å². The van der Waals surface area contributed by atoms with Crippen molar-refractivity contribution in [1.29, 1.82) is 0 Å². The summed E-state index contributed by atoms with van der Waals surface area (Å²) in [5.74, 6) is 1.30. The maximum absolute atomic E-state index is 12.0. The summed E-state index contributed by atoms with van der Waals surface area (Å²) in [5, 5.41) is 6.67. The molecule has 0 fully saturated rings. The molecule has 132 valence electrons. The monoisotopic (exact) mass is 349 g/mol. The molecule has 0 saturated carbocycles. The van der Waals surface area contributed by atoms with E-state index in [0.717, 1.165) is 16.7 Å². The van der Waals surface area contributed by atoms with Crippen LogP contribution in [0.1, 0.15) is 17.0 Å². The Morgan fingerprint density at radius 2 is 2.08 bits per heavy atom. The van der Waals surface area contributed by atoms with Gasteiger partial charge >= 0.3 is 0 Å². The highest BCUT2D eigenvalue weighted by atomic mass is 16.5. The number of aryl methyl sites for hydroxylation is 1. The number of hydrogen-bond acceptors (Lipinski definition) is 5. The van der Waals surface area contributed by atoms with E-state index >= 15 is 0 Å². The van der Waals surface area contributed by atoms with Crippen LogP contribution in [0.2, 0.25) is 0 Å². The molecule has 3 aromatic rings. The van der Waals surface area contributed by atoms with Crippen LogP contribution in [0.3, 0.4) is 0 Å². The zero-order valence-electron chi connectivity index (χ0n) is 14.6. The molecule has 0 aliphatic rings. The van der Waals surface area contributed by atoms with Crippen LogP contribution in [0.25, 0.3) is 17.5 Å². The first-order chi connectivity index (χ1) is 12.7. The van der Waals surface area contributed by atoms with Crippen molar-refractivity contribution < 1.29 is 14.1 Å². The fourth-order valence-corrected chi connectivity index (χ4v) is 2.42. The Morgan fingerprint density at radius 3 is 2.88 bits per heavy atom. The highest BCUT2D eigenvalue weighted by molar-refractivity contribution is 5.92. The number of carbonyl (C=O) groups is 1. The number of benzene rings is 2. The SMILES string of the molecule is COc1ccccc1/C=C/C(=O)NCc1nc(-c2cccc(C)c2)no1. The largest absolute Gasteiger partial charge is 0.496 e. The fraction of sp³-hybridized carbons (Fsp3) is 0.150. The summed E-state index contributed by atoms with van der Waals surface area (Å²) in [6.45, 7) is 2.16. The molecule has 0 atom stereocenters. The Kier molecular flexibility index (Phi) is 5.43. The van der Waals surface area contributed by atoms with E-state index in [-0.39, 0.29) is 12.5 Å². The summed E-state index contributed by atoms with van der Waals surface area (Å²) in [4.78, 5) is 16.3. The van der Waals surface area contributed by atoms with Crippen molar-refractivity contribution in [2.45, 2.75) is 13.5 Å². The standard InChI is InChI=1S/C20H19N3O3/c1-14-6-5-8-16(12-14)20-22-19(26-23-20)13-21-18(24)11-10-15-7-3-4-9-17(15)25-2/h3-12H,13H2,1-2H3,(H,21,24)/b11-10+. The zero-order valence-corrected chi connectivity index (χ0v) is 14.6. The molecule has 3 rings (SSSR count). The highest BCUT2D eigenvalue weighted by Crippen LogP contribution is 2.19. The van der Waals surface area contributed by atoms with Crippen molar-refractivity contribution in [3.8, 4) is 17.1 Å². The lowest BCUT2D eigenvalue weighted by atomic mass is 10.1. The Balaban J connectivity index is 1.59. The lowest BCUT2D eigenvalue weighted by Gasteiger charge is -2.03. The normalized spacial score (nSPS) is 10.8. The second kappa shape index (κ2) is 8.11. The van der Waals surface area contributed by atoms with Gasteiger partial charge < -0.3 is 14.6 Å². The molecule has 0 aliphatic carbocycles. The van der Waals surface area contributed by atoms with Gasteiger partial charge in [0.15, 0.2) is 0 Å². The van der Waals surface area contributed by atoms with E-state index in [2.05, 4.69) is 15.5 Å². The summed E-state index contributed by atoms with van der Waals surface area (Å²) in [6.07, 6.45) is 3.13. The summed E-state index contributed by atoms with van der Waals surface area (Å²) in [7, 11) is 1.59. The zero-order chi connectivity index (χ0) is 18.4. The molecule has 0 saturated heterocycles. The average Bonchev–Trinajstić information content (AvgIpc) is 3.14. The number of methoxy groups -OCH3 is 1. The van der Waals surface area contributed by atoms with Gasteiger partial charge in [-0.2, -0.15) is 4.98 Å². The topological polar surface area (TPSA) is 77.2 Å². The molecule has 1 N–H and O–H groups in total. The number of carbonyl (C=O) groups excluding carboxylic acids is 1. The van der Waals surface area contributed by atoms with E-state index in [1.54, 1.807) is 13.2 Å². The molecule has 0 aliphatic heterocycles. The third kappa shape index (κ3) is 4.36. The fourth-order valence-electron chi connectivity index (χ4n) is 2.42. The Bertz CT molecular complexity index is 931. The van der Waals surface area contributed by atoms with Crippen molar-refractivity contribution in [1.82, 2.24) is 15.5 Å². The van der Waals surface area contributed by atoms with Crippen LogP contribution in [0, 0.1) is 6.92 Å².